The zero-order valence-corrected chi connectivity index (χ0v) is 13.2. The van der Waals surface area contributed by atoms with Crippen molar-refractivity contribution in [3.63, 3.8) is 0 Å². The van der Waals surface area contributed by atoms with E-state index in [4.69, 9.17) is 10.5 Å². The van der Waals surface area contributed by atoms with Crippen LogP contribution < -0.4 is 15.8 Å². The topological polar surface area (TPSA) is 64.4 Å². The van der Waals surface area contributed by atoms with Gasteiger partial charge in [0.1, 0.15) is 5.00 Å². The Balaban J connectivity index is 2.88. The number of hydrogen-bond acceptors (Lipinski definition) is 5. The Morgan fingerprint density at radius 2 is 2.11 bits per heavy atom. The molecule has 0 aliphatic rings. The molecule has 108 valence electrons. The maximum absolute atomic E-state index is 11.5. The Morgan fingerprint density at radius 3 is 2.58 bits per heavy atom. The van der Waals surface area contributed by atoms with E-state index in [0.717, 1.165) is 17.8 Å². The number of nitrogen functional groups attached to an aromatic ring is 1. The van der Waals surface area contributed by atoms with E-state index in [9.17, 15) is 4.79 Å². The number of rotatable bonds is 7. The van der Waals surface area contributed by atoms with Crippen LogP contribution >= 0.6 is 11.3 Å². The van der Waals surface area contributed by atoms with Crippen LogP contribution in [0.3, 0.4) is 0 Å². The molecule has 0 aromatic carbocycles. The minimum atomic E-state index is -0.0246. The van der Waals surface area contributed by atoms with Crippen LogP contribution in [0.15, 0.2) is 0 Å². The monoisotopic (exact) mass is 284 g/mol. The van der Waals surface area contributed by atoms with Crippen LogP contribution in [-0.4, -0.2) is 18.9 Å². The summed E-state index contributed by atoms with van der Waals surface area (Å²) in [5.41, 5.74) is 6.39. The minimum Gasteiger partial charge on any atom is -0.492 e. The summed E-state index contributed by atoms with van der Waals surface area (Å²) in [7, 11) is 1.58. The fourth-order valence-electron chi connectivity index (χ4n) is 2.04. The molecule has 3 N–H and O–H groups in total. The summed E-state index contributed by atoms with van der Waals surface area (Å²) >= 11 is 1.37. The lowest BCUT2D eigenvalue weighted by Gasteiger charge is -2.18. The highest BCUT2D eigenvalue weighted by atomic mass is 32.1. The Bertz CT molecular complexity index is 443. The van der Waals surface area contributed by atoms with E-state index < -0.39 is 0 Å². The van der Waals surface area contributed by atoms with Crippen molar-refractivity contribution in [2.45, 2.75) is 46.6 Å². The molecule has 1 aromatic heterocycles. The van der Waals surface area contributed by atoms with Crippen molar-refractivity contribution < 1.29 is 9.53 Å². The van der Waals surface area contributed by atoms with Gasteiger partial charge >= 0.3 is 0 Å². The number of ether oxygens (including phenoxy) is 1. The number of anilines is 2. The summed E-state index contributed by atoms with van der Waals surface area (Å²) in [5.74, 6) is 1.23. The SMILES string of the molecule is CCC(C)CC(C)Nc1sc(C(C)=O)c(N)c1OC. The van der Waals surface area contributed by atoms with Gasteiger partial charge < -0.3 is 15.8 Å². The van der Waals surface area contributed by atoms with Gasteiger partial charge in [-0.2, -0.15) is 0 Å². The molecule has 2 atom stereocenters. The summed E-state index contributed by atoms with van der Waals surface area (Å²) < 4.78 is 5.31. The van der Waals surface area contributed by atoms with E-state index in [-0.39, 0.29) is 5.78 Å². The molecule has 0 spiro atoms. The zero-order valence-electron chi connectivity index (χ0n) is 12.4. The van der Waals surface area contributed by atoms with Gasteiger partial charge in [-0.15, -0.1) is 11.3 Å². The normalized spacial score (nSPS) is 13.9. The Hall–Kier alpha value is -1.23. The van der Waals surface area contributed by atoms with E-state index in [2.05, 4.69) is 26.1 Å². The van der Waals surface area contributed by atoms with Gasteiger partial charge in [0.2, 0.25) is 0 Å². The van der Waals surface area contributed by atoms with Gasteiger partial charge in [0.25, 0.3) is 0 Å². The number of methoxy groups -OCH3 is 1. The van der Waals surface area contributed by atoms with Crippen molar-refractivity contribution >= 4 is 27.8 Å². The van der Waals surface area contributed by atoms with Crippen molar-refractivity contribution in [2.24, 2.45) is 5.92 Å². The lowest BCUT2D eigenvalue weighted by molar-refractivity contribution is 0.102. The molecule has 0 aliphatic heterocycles. The van der Waals surface area contributed by atoms with Crippen molar-refractivity contribution in [1.29, 1.82) is 0 Å². The van der Waals surface area contributed by atoms with Gasteiger partial charge in [0, 0.05) is 13.0 Å². The fourth-order valence-corrected chi connectivity index (χ4v) is 3.14. The Kier molecular flexibility index (Phi) is 5.66. The molecule has 19 heavy (non-hydrogen) atoms. The predicted molar refractivity (Wildman–Crippen MR) is 82.4 cm³/mol. The quantitative estimate of drug-likeness (QED) is 0.748. The second-order valence-corrected chi connectivity index (χ2v) is 6.08. The Labute approximate surface area is 119 Å². The molecule has 1 rings (SSSR count). The number of carbonyl (C=O) groups is 1. The molecule has 1 aromatic rings. The molecule has 0 bridgehead atoms. The lowest BCUT2D eigenvalue weighted by atomic mass is 10.0. The minimum absolute atomic E-state index is 0.0246. The van der Waals surface area contributed by atoms with Crippen LogP contribution in [0.5, 0.6) is 5.75 Å². The lowest BCUT2D eigenvalue weighted by Crippen LogP contribution is -2.17. The third-order valence-corrected chi connectivity index (χ3v) is 4.47. The summed E-state index contributed by atoms with van der Waals surface area (Å²) in [4.78, 5) is 12.1. The van der Waals surface area contributed by atoms with Crippen molar-refractivity contribution in [1.82, 2.24) is 0 Å². The average Bonchev–Trinajstić information content (AvgIpc) is 2.65. The molecule has 1 heterocycles. The highest BCUT2D eigenvalue weighted by molar-refractivity contribution is 7.19. The van der Waals surface area contributed by atoms with Crippen molar-refractivity contribution in [3.8, 4) is 5.75 Å². The molecular formula is C14H24N2O2S. The maximum atomic E-state index is 11.5. The summed E-state index contributed by atoms with van der Waals surface area (Å²) in [6, 6.07) is 0.321. The Morgan fingerprint density at radius 1 is 1.47 bits per heavy atom. The van der Waals surface area contributed by atoms with Gasteiger partial charge in [0.05, 0.1) is 17.7 Å². The standard InChI is InChI=1S/C14H24N2O2S/c1-6-8(2)7-9(3)16-14-12(18-5)11(15)13(19-14)10(4)17/h8-9,16H,6-7,15H2,1-5H3. The molecule has 5 heteroatoms. The molecule has 0 amide bonds. The number of carbonyl (C=O) groups excluding carboxylic acids is 1. The van der Waals surface area contributed by atoms with E-state index in [1.54, 1.807) is 7.11 Å². The predicted octanol–water partition coefficient (Wildman–Crippen LogP) is 3.78. The summed E-state index contributed by atoms with van der Waals surface area (Å²) in [6.07, 6.45) is 2.24. The van der Waals surface area contributed by atoms with Crippen LogP contribution in [0.2, 0.25) is 0 Å². The molecule has 4 nitrogen and oxygen atoms in total. The van der Waals surface area contributed by atoms with Crippen molar-refractivity contribution in [3.05, 3.63) is 4.88 Å². The fraction of sp³-hybridized carbons (Fsp3) is 0.643. The molecule has 0 fully saturated rings. The molecule has 0 radical (unpaired) electrons. The number of ketones is 1. The smallest absolute Gasteiger partial charge is 0.176 e. The first-order valence-electron chi connectivity index (χ1n) is 6.64. The zero-order chi connectivity index (χ0) is 14.6. The third-order valence-electron chi connectivity index (χ3n) is 3.25. The van der Waals surface area contributed by atoms with E-state index in [1.807, 2.05) is 0 Å². The summed E-state index contributed by atoms with van der Waals surface area (Å²) in [6.45, 7) is 8.08. The molecular weight excluding hydrogens is 260 g/mol. The van der Waals surface area contributed by atoms with Gasteiger partial charge in [-0.05, 0) is 19.3 Å². The second kappa shape index (κ2) is 6.80. The number of thiophene rings is 1. The first-order valence-corrected chi connectivity index (χ1v) is 7.46. The number of nitrogens with one attached hydrogen (secondary N) is 1. The maximum Gasteiger partial charge on any atom is 0.176 e. The molecule has 0 saturated carbocycles. The number of nitrogens with two attached hydrogens (primary N) is 1. The first-order chi connectivity index (χ1) is 8.90. The van der Waals surface area contributed by atoms with Crippen LogP contribution in [-0.2, 0) is 0 Å². The number of Topliss-reactive ketones (excluding diaryl/α,β-unsaturated/α-hetero) is 1. The van der Waals surface area contributed by atoms with Gasteiger partial charge in [-0.1, -0.05) is 20.3 Å². The van der Waals surface area contributed by atoms with Crippen LogP contribution in [0.4, 0.5) is 10.7 Å². The largest absolute Gasteiger partial charge is 0.492 e. The number of hydrogen-bond donors (Lipinski definition) is 2. The highest BCUT2D eigenvalue weighted by Gasteiger charge is 2.20. The second-order valence-electron chi connectivity index (χ2n) is 5.06. The van der Waals surface area contributed by atoms with Crippen LogP contribution in [0.25, 0.3) is 0 Å². The first kappa shape index (κ1) is 15.8. The average molecular weight is 284 g/mol. The van der Waals surface area contributed by atoms with E-state index in [0.29, 0.717) is 28.3 Å². The van der Waals surface area contributed by atoms with Crippen LogP contribution in [0.1, 0.15) is 50.2 Å². The summed E-state index contributed by atoms with van der Waals surface area (Å²) in [5, 5.41) is 4.25. The van der Waals surface area contributed by atoms with Crippen molar-refractivity contribution in [2.75, 3.05) is 18.2 Å². The highest BCUT2D eigenvalue weighted by Crippen LogP contribution is 2.43. The molecule has 0 saturated heterocycles. The van der Waals surface area contributed by atoms with Crippen LogP contribution in [0, 0.1) is 5.92 Å². The molecule has 2 unspecified atom stereocenters. The van der Waals surface area contributed by atoms with E-state index in [1.165, 1.54) is 18.3 Å². The van der Waals surface area contributed by atoms with Gasteiger partial charge in [-0.3, -0.25) is 4.79 Å². The van der Waals surface area contributed by atoms with Gasteiger partial charge in [0.15, 0.2) is 11.5 Å². The third kappa shape index (κ3) is 3.86. The van der Waals surface area contributed by atoms with Gasteiger partial charge in [-0.25, -0.2) is 0 Å². The molecule has 0 aliphatic carbocycles. The van der Waals surface area contributed by atoms with E-state index >= 15 is 0 Å².